The van der Waals surface area contributed by atoms with Crippen LogP contribution >= 0.6 is 0 Å². The van der Waals surface area contributed by atoms with Crippen molar-refractivity contribution in [3.05, 3.63) is 158 Å². The van der Waals surface area contributed by atoms with Crippen molar-refractivity contribution in [2.75, 3.05) is 0 Å². The first kappa shape index (κ1) is 33.6. The van der Waals surface area contributed by atoms with Crippen LogP contribution in [-0.2, 0) is 0 Å². The van der Waals surface area contributed by atoms with E-state index >= 15 is 0 Å². The van der Waals surface area contributed by atoms with Crippen LogP contribution in [0.2, 0.25) is 12.1 Å². The monoisotopic (exact) mass is 724 g/mol. The van der Waals surface area contributed by atoms with E-state index in [0.717, 1.165) is 33.9 Å². The summed E-state index contributed by atoms with van der Waals surface area (Å²) in [7, 11) is -2.23. The van der Waals surface area contributed by atoms with Gasteiger partial charge in [0, 0.05) is 16.7 Å². The van der Waals surface area contributed by atoms with Crippen molar-refractivity contribution in [3.63, 3.8) is 0 Å². The number of benzene rings is 8. The van der Waals surface area contributed by atoms with Crippen LogP contribution < -0.4 is 10.4 Å². The summed E-state index contributed by atoms with van der Waals surface area (Å²) in [5.74, 6) is 0.793. The Balaban J connectivity index is 1.25. The van der Waals surface area contributed by atoms with Gasteiger partial charge in [0.15, 0.2) is 5.82 Å². The number of hydrogen-bond donors (Lipinski definition) is 0. The molecule has 2 nitrogen and oxygen atoms in total. The lowest BCUT2D eigenvalue weighted by Crippen LogP contribution is -2.55. The van der Waals surface area contributed by atoms with Crippen LogP contribution in [-0.4, -0.2) is 18.0 Å². The number of rotatable bonds is 9. The van der Waals surface area contributed by atoms with Crippen molar-refractivity contribution in [3.8, 4) is 45.0 Å². The molecular formula is C52H44N2Si. The molecule has 3 heteroatoms. The normalized spacial score (nSPS) is 13.1. The Morgan fingerprint density at radius 2 is 1.00 bits per heavy atom. The van der Waals surface area contributed by atoms with Gasteiger partial charge in [-0.3, -0.25) is 0 Å². The van der Waals surface area contributed by atoms with Crippen LogP contribution in [0.1, 0.15) is 39.5 Å². The molecule has 0 spiro atoms. The molecule has 9 aromatic rings. The average Bonchev–Trinajstić information content (AvgIpc) is 3.52. The maximum atomic E-state index is 5.29. The number of fused-ring (bicyclic) bond motifs is 11. The third-order valence-electron chi connectivity index (χ3n) is 12.2. The second-order valence-corrected chi connectivity index (χ2v) is 19.7. The van der Waals surface area contributed by atoms with Gasteiger partial charge in [0.1, 0.15) is 8.07 Å². The highest BCUT2D eigenvalue weighted by Crippen LogP contribution is 2.44. The quantitative estimate of drug-likeness (QED) is 0.109. The van der Waals surface area contributed by atoms with Gasteiger partial charge in [0.2, 0.25) is 0 Å². The fourth-order valence-corrected chi connectivity index (χ4v) is 15.4. The molecule has 0 aliphatic carbocycles. The van der Waals surface area contributed by atoms with Crippen molar-refractivity contribution in [2.24, 2.45) is 0 Å². The van der Waals surface area contributed by atoms with E-state index in [4.69, 9.17) is 9.97 Å². The van der Waals surface area contributed by atoms with Crippen molar-refractivity contribution < 1.29 is 0 Å². The minimum Gasteiger partial charge on any atom is -0.228 e. The molecular weight excluding hydrogens is 681 g/mol. The summed E-state index contributed by atoms with van der Waals surface area (Å²) in [5, 5.41) is 14.0. The van der Waals surface area contributed by atoms with Crippen LogP contribution in [0.15, 0.2) is 158 Å². The highest BCUT2D eigenvalue weighted by atomic mass is 28.3. The molecule has 0 N–H and O–H groups in total. The van der Waals surface area contributed by atoms with E-state index in [1.165, 1.54) is 92.0 Å². The fourth-order valence-electron chi connectivity index (χ4n) is 9.56. The van der Waals surface area contributed by atoms with E-state index in [1.807, 2.05) is 0 Å². The van der Waals surface area contributed by atoms with Gasteiger partial charge in [-0.05, 0) is 88.8 Å². The number of unbranched alkanes of at least 4 members (excludes halogenated alkanes) is 2. The van der Waals surface area contributed by atoms with E-state index in [9.17, 15) is 0 Å². The predicted molar refractivity (Wildman–Crippen MR) is 238 cm³/mol. The summed E-state index contributed by atoms with van der Waals surface area (Å²) in [6.07, 6.45) is 4.85. The third-order valence-corrected chi connectivity index (χ3v) is 17.5. The molecule has 8 aromatic carbocycles. The molecule has 0 radical (unpaired) electrons. The standard InChI is InChI=1S/C52H44N2Si/c1-3-5-29-55(30-6-4-2)49-31-38(52-53-47(36-18-9-7-10-19-36)34-48(54-52)37-20-11-8-12-21-37)26-27-42(49)45-32-44-41-24-16-15-23-40(41)43-28-25-35-17-13-14-22-39(35)51(43)46(44)33-50(45)55/h7-28,31-34H,3-6,29-30H2,1-2H3. The Labute approximate surface area is 324 Å². The summed E-state index contributed by atoms with van der Waals surface area (Å²) in [5.41, 5.74) is 8.08. The van der Waals surface area contributed by atoms with Crippen LogP contribution in [0.4, 0.5) is 0 Å². The van der Waals surface area contributed by atoms with Gasteiger partial charge < -0.3 is 0 Å². The average molecular weight is 725 g/mol. The molecule has 1 aromatic heterocycles. The largest absolute Gasteiger partial charge is 0.228 e. The molecule has 0 saturated heterocycles. The van der Waals surface area contributed by atoms with Gasteiger partial charge in [-0.1, -0.05) is 185 Å². The smallest absolute Gasteiger partial charge is 0.160 e. The molecule has 0 unspecified atom stereocenters. The Bertz CT molecular complexity index is 2830. The maximum absolute atomic E-state index is 5.29. The molecule has 266 valence electrons. The number of hydrogen-bond acceptors (Lipinski definition) is 2. The van der Waals surface area contributed by atoms with Gasteiger partial charge in [-0.25, -0.2) is 9.97 Å². The van der Waals surface area contributed by atoms with Crippen LogP contribution in [0.5, 0.6) is 0 Å². The van der Waals surface area contributed by atoms with E-state index in [1.54, 1.807) is 10.4 Å². The lowest BCUT2D eigenvalue weighted by molar-refractivity contribution is 0.838. The lowest BCUT2D eigenvalue weighted by Gasteiger charge is -2.31. The SMILES string of the molecule is CCCC[Si]1(CCCC)c2cc(-c3nc(-c4ccccc4)cc(-c4ccccc4)n3)ccc2-c2cc3c4ccccc4c4ccc5ccccc5c4c3cc21. The number of nitrogens with zero attached hydrogens (tertiary/aromatic N) is 2. The van der Waals surface area contributed by atoms with Crippen LogP contribution in [0.3, 0.4) is 0 Å². The molecule has 0 amide bonds. The third kappa shape index (κ3) is 5.52. The summed E-state index contributed by atoms with van der Waals surface area (Å²) in [6, 6.07) is 60.9. The molecule has 2 heterocycles. The molecule has 0 fully saturated rings. The highest BCUT2D eigenvalue weighted by Gasteiger charge is 2.45. The van der Waals surface area contributed by atoms with Crippen LogP contribution in [0.25, 0.3) is 88.1 Å². The van der Waals surface area contributed by atoms with Gasteiger partial charge in [-0.15, -0.1) is 0 Å². The lowest BCUT2D eigenvalue weighted by atomic mass is 9.89. The van der Waals surface area contributed by atoms with Crippen molar-refractivity contribution in [1.82, 2.24) is 9.97 Å². The first-order valence-corrected chi connectivity index (χ1v) is 22.5. The van der Waals surface area contributed by atoms with Gasteiger partial charge in [0.25, 0.3) is 0 Å². The zero-order valence-electron chi connectivity index (χ0n) is 31.6. The summed E-state index contributed by atoms with van der Waals surface area (Å²) in [4.78, 5) is 10.6. The zero-order valence-corrected chi connectivity index (χ0v) is 32.6. The van der Waals surface area contributed by atoms with E-state index in [0.29, 0.717) is 0 Å². The van der Waals surface area contributed by atoms with Crippen molar-refractivity contribution in [2.45, 2.75) is 51.6 Å². The topological polar surface area (TPSA) is 25.8 Å². The van der Waals surface area contributed by atoms with Crippen molar-refractivity contribution >= 4 is 61.5 Å². The van der Waals surface area contributed by atoms with Gasteiger partial charge in [0.05, 0.1) is 11.4 Å². The Hall–Kier alpha value is -5.90. The fraction of sp³-hybridized carbons (Fsp3) is 0.154. The van der Waals surface area contributed by atoms with Crippen LogP contribution in [0, 0.1) is 0 Å². The molecule has 1 aliphatic heterocycles. The molecule has 10 rings (SSSR count). The Kier molecular flexibility index (Phi) is 8.41. The summed E-state index contributed by atoms with van der Waals surface area (Å²) >= 11 is 0. The van der Waals surface area contributed by atoms with E-state index in [2.05, 4.69) is 172 Å². The summed E-state index contributed by atoms with van der Waals surface area (Å²) < 4.78 is 0. The molecule has 0 atom stereocenters. The molecule has 0 saturated carbocycles. The minimum absolute atomic E-state index is 0.793. The maximum Gasteiger partial charge on any atom is 0.160 e. The molecule has 1 aliphatic rings. The molecule has 0 bridgehead atoms. The zero-order chi connectivity index (χ0) is 36.9. The minimum atomic E-state index is -2.23. The first-order chi connectivity index (χ1) is 27.2. The Morgan fingerprint density at radius 3 is 1.65 bits per heavy atom. The Morgan fingerprint density at radius 1 is 0.418 bits per heavy atom. The highest BCUT2D eigenvalue weighted by molar-refractivity contribution is 7.05. The van der Waals surface area contributed by atoms with E-state index < -0.39 is 8.07 Å². The summed E-state index contributed by atoms with van der Waals surface area (Å²) in [6.45, 7) is 4.71. The number of aromatic nitrogens is 2. The second-order valence-electron chi connectivity index (χ2n) is 15.4. The first-order valence-electron chi connectivity index (χ1n) is 20.1. The molecule has 55 heavy (non-hydrogen) atoms. The second kappa shape index (κ2) is 13.7. The van der Waals surface area contributed by atoms with Gasteiger partial charge >= 0.3 is 0 Å². The van der Waals surface area contributed by atoms with Crippen molar-refractivity contribution in [1.29, 1.82) is 0 Å². The predicted octanol–water partition coefficient (Wildman–Crippen LogP) is 13.2. The van der Waals surface area contributed by atoms with Gasteiger partial charge in [-0.2, -0.15) is 0 Å². The van der Waals surface area contributed by atoms with E-state index in [-0.39, 0.29) is 0 Å².